The summed E-state index contributed by atoms with van der Waals surface area (Å²) in [5.74, 6) is 0. The third kappa shape index (κ3) is 3.96. The Bertz CT molecular complexity index is 338. The van der Waals surface area contributed by atoms with Crippen LogP contribution in [0.1, 0.15) is 6.92 Å². The van der Waals surface area contributed by atoms with Crippen LogP contribution in [-0.4, -0.2) is 31.3 Å². The zero-order valence-corrected chi connectivity index (χ0v) is 9.17. The van der Waals surface area contributed by atoms with E-state index in [4.69, 9.17) is 0 Å². The second-order valence-electron chi connectivity index (χ2n) is 3.43. The van der Waals surface area contributed by atoms with Gasteiger partial charge in [-0.1, -0.05) is 0 Å². The van der Waals surface area contributed by atoms with Crippen LogP contribution in [0.2, 0.25) is 0 Å². The van der Waals surface area contributed by atoms with E-state index < -0.39 is 12.7 Å². The first-order chi connectivity index (χ1) is 7.42. The molecule has 1 heterocycles. The molecule has 0 aliphatic rings. The molecule has 6 heteroatoms. The first-order valence-electron chi connectivity index (χ1n) is 4.89. The fraction of sp³-hybridized carbons (Fsp3) is 0.500. The maximum atomic E-state index is 12.2. The molecule has 0 radical (unpaired) electrons. The van der Waals surface area contributed by atoms with Gasteiger partial charge in [-0.2, -0.15) is 13.2 Å². The highest BCUT2D eigenvalue weighted by Gasteiger charge is 2.29. The van der Waals surface area contributed by atoms with Gasteiger partial charge < -0.3 is 10.2 Å². The Balaban J connectivity index is 2.75. The number of rotatable bonds is 4. The molecule has 16 heavy (non-hydrogen) atoms. The predicted molar refractivity (Wildman–Crippen MR) is 57.7 cm³/mol. The minimum absolute atomic E-state index is 0.441. The third-order valence-electron chi connectivity index (χ3n) is 1.96. The number of pyridine rings is 1. The monoisotopic (exact) mass is 233 g/mol. The summed E-state index contributed by atoms with van der Waals surface area (Å²) in [7, 11) is 1.39. The number of hydrogen-bond donors (Lipinski definition) is 1. The van der Waals surface area contributed by atoms with E-state index in [0.29, 0.717) is 17.9 Å². The van der Waals surface area contributed by atoms with Crippen molar-refractivity contribution in [3.8, 4) is 0 Å². The Morgan fingerprint density at radius 3 is 2.62 bits per heavy atom. The summed E-state index contributed by atoms with van der Waals surface area (Å²) in [6.07, 6.45) is -1.22. The van der Waals surface area contributed by atoms with E-state index in [1.54, 1.807) is 12.3 Å². The van der Waals surface area contributed by atoms with Crippen molar-refractivity contribution < 1.29 is 13.2 Å². The highest BCUT2D eigenvalue weighted by atomic mass is 19.4. The number of hydrogen-bond acceptors (Lipinski definition) is 3. The molecule has 0 saturated heterocycles. The lowest BCUT2D eigenvalue weighted by molar-refractivity contribution is -0.119. The van der Waals surface area contributed by atoms with Gasteiger partial charge in [0.05, 0.1) is 23.8 Å². The molecule has 0 bridgehead atoms. The lowest BCUT2D eigenvalue weighted by atomic mass is 10.3. The van der Waals surface area contributed by atoms with E-state index in [0.717, 1.165) is 4.90 Å². The highest BCUT2D eigenvalue weighted by Crippen LogP contribution is 2.22. The molecule has 3 nitrogen and oxygen atoms in total. The van der Waals surface area contributed by atoms with Crippen molar-refractivity contribution in [2.24, 2.45) is 0 Å². The van der Waals surface area contributed by atoms with Crippen molar-refractivity contribution in [3.63, 3.8) is 0 Å². The second kappa shape index (κ2) is 5.05. The van der Waals surface area contributed by atoms with E-state index in [1.807, 2.05) is 6.92 Å². The molecule has 0 aliphatic heterocycles. The third-order valence-corrected chi connectivity index (χ3v) is 1.96. The second-order valence-corrected chi connectivity index (χ2v) is 3.43. The molecular formula is C10H14F3N3. The molecule has 0 saturated carbocycles. The summed E-state index contributed by atoms with van der Waals surface area (Å²) in [5.41, 5.74) is 1.16. The number of nitrogens with one attached hydrogen (secondary N) is 1. The topological polar surface area (TPSA) is 28.2 Å². The molecule has 0 atom stereocenters. The summed E-state index contributed by atoms with van der Waals surface area (Å²) in [5, 5.41) is 3.00. The van der Waals surface area contributed by atoms with Crippen LogP contribution >= 0.6 is 0 Å². The number of anilines is 2. The summed E-state index contributed by atoms with van der Waals surface area (Å²) < 4.78 is 36.5. The molecule has 1 N–H and O–H groups in total. The first kappa shape index (κ1) is 12.6. The molecular weight excluding hydrogens is 219 g/mol. The van der Waals surface area contributed by atoms with Gasteiger partial charge in [0.1, 0.15) is 6.54 Å². The Morgan fingerprint density at radius 1 is 1.38 bits per heavy atom. The molecule has 1 aromatic heterocycles. The van der Waals surface area contributed by atoms with Crippen molar-refractivity contribution in [1.82, 2.24) is 4.98 Å². The average molecular weight is 233 g/mol. The van der Waals surface area contributed by atoms with E-state index in [-0.39, 0.29) is 0 Å². The van der Waals surface area contributed by atoms with Gasteiger partial charge in [-0.05, 0) is 13.0 Å². The van der Waals surface area contributed by atoms with Crippen LogP contribution in [0.4, 0.5) is 24.5 Å². The lowest BCUT2D eigenvalue weighted by Crippen LogP contribution is -2.30. The van der Waals surface area contributed by atoms with Gasteiger partial charge >= 0.3 is 6.18 Å². The fourth-order valence-electron chi connectivity index (χ4n) is 1.30. The SMILES string of the molecule is CCNc1cncc(N(C)CC(F)(F)F)c1. The van der Waals surface area contributed by atoms with Gasteiger partial charge in [0.15, 0.2) is 0 Å². The van der Waals surface area contributed by atoms with Crippen LogP contribution in [0.25, 0.3) is 0 Å². The van der Waals surface area contributed by atoms with Gasteiger partial charge in [-0.25, -0.2) is 0 Å². The lowest BCUT2D eigenvalue weighted by Gasteiger charge is -2.21. The maximum Gasteiger partial charge on any atom is 0.405 e. The van der Waals surface area contributed by atoms with Crippen LogP contribution < -0.4 is 10.2 Å². The van der Waals surface area contributed by atoms with Crippen LogP contribution in [0, 0.1) is 0 Å². The van der Waals surface area contributed by atoms with Crippen molar-refractivity contribution in [2.75, 3.05) is 30.4 Å². The quantitative estimate of drug-likeness (QED) is 0.866. The molecule has 0 aromatic carbocycles. The molecule has 0 spiro atoms. The zero-order chi connectivity index (χ0) is 12.2. The standard InChI is InChI=1S/C10H14F3N3/c1-3-15-8-4-9(6-14-5-8)16(2)7-10(11,12)13/h4-6,15H,3,7H2,1-2H3. The first-order valence-corrected chi connectivity index (χ1v) is 4.89. The van der Waals surface area contributed by atoms with Crippen molar-refractivity contribution in [1.29, 1.82) is 0 Å². The van der Waals surface area contributed by atoms with Crippen molar-refractivity contribution in [3.05, 3.63) is 18.5 Å². The van der Waals surface area contributed by atoms with E-state index in [9.17, 15) is 13.2 Å². The van der Waals surface area contributed by atoms with Crippen LogP contribution in [0.15, 0.2) is 18.5 Å². The molecule has 0 aliphatic carbocycles. The van der Waals surface area contributed by atoms with Gasteiger partial charge in [-0.15, -0.1) is 0 Å². The summed E-state index contributed by atoms with van der Waals surface area (Å²) in [6, 6.07) is 1.64. The molecule has 90 valence electrons. The zero-order valence-electron chi connectivity index (χ0n) is 9.17. The Morgan fingerprint density at radius 2 is 2.06 bits per heavy atom. The van der Waals surface area contributed by atoms with Crippen LogP contribution in [-0.2, 0) is 0 Å². The minimum atomic E-state index is -4.21. The normalized spacial score (nSPS) is 11.3. The minimum Gasteiger partial charge on any atom is -0.384 e. The Kier molecular flexibility index (Phi) is 3.98. The largest absolute Gasteiger partial charge is 0.405 e. The Labute approximate surface area is 92.3 Å². The van der Waals surface area contributed by atoms with E-state index in [1.165, 1.54) is 13.2 Å². The molecule has 0 unspecified atom stereocenters. The van der Waals surface area contributed by atoms with Crippen LogP contribution in [0.5, 0.6) is 0 Å². The van der Waals surface area contributed by atoms with Gasteiger partial charge in [-0.3, -0.25) is 4.98 Å². The number of aromatic nitrogens is 1. The van der Waals surface area contributed by atoms with Crippen molar-refractivity contribution in [2.45, 2.75) is 13.1 Å². The van der Waals surface area contributed by atoms with Crippen LogP contribution in [0.3, 0.4) is 0 Å². The maximum absolute atomic E-state index is 12.2. The smallest absolute Gasteiger partial charge is 0.384 e. The fourth-order valence-corrected chi connectivity index (χ4v) is 1.30. The summed E-state index contributed by atoms with van der Waals surface area (Å²) in [6.45, 7) is 1.63. The Hall–Kier alpha value is -1.46. The predicted octanol–water partition coefficient (Wildman–Crippen LogP) is 2.51. The van der Waals surface area contributed by atoms with Gasteiger partial charge in [0, 0.05) is 13.6 Å². The average Bonchev–Trinajstić information content (AvgIpc) is 2.16. The number of nitrogens with zero attached hydrogens (tertiary/aromatic N) is 2. The van der Waals surface area contributed by atoms with Gasteiger partial charge in [0.25, 0.3) is 0 Å². The number of alkyl halides is 3. The number of halogens is 3. The molecule has 0 fully saturated rings. The van der Waals surface area contributed by atoms with Crippen molar-refractivity contribution >= 4 is 11.4 Å². The summed E-state index contributed by atoms with van der Waals surface area (Å²) in [4.78, 5) is 5.00. The van der Waals surface area contributed by atoms with E-state index >= 15 is 0 Å². The molecule has 0 amide bonds. The van der Waals surface area contributed by atoms with Gasteiger partial charge in [0.2, 0.25) is 0 Å². The summed E-state index contributed by atoms with van der Waals surface area (Å²) >= 11 is 0. The molecule has 1 aromatic rings. The van der Waals surface area contributed by atoms with E-state index in [2.05, 4.69) is 10.3 Å². The highest BCUT2D eigenvalue weighted by molar-refractivity contribution is 5.55. The molecule has 1 rings (SSSR count).